The van der Waals surface area contributed by atoms with Crippen molar-refractivity contribution in [2.45, 2.75) is 6.54 Å². The number of carbonyl (C=O) groups excluding carboxylic acids is 1. The van der Waals surface area contributed by atoms with Crippen molar-refractivity contribution in [3.05, 3.63) is 47.8 Å². The van der Waals surface area contributed by atoms with Crippen LogP contribution in [0.5, 0.6) is 0 Å². The van der Waals surface area contributed by atoms with Crippen molar-refractivity contribution in [2.75, 3.05) is 12.4 Å². The maximum absolute atomic E-state index is 11.8. The van der Waals surface area contributed by atoms with Gasteiger partial charge in [0, 0.05) is 18.4 Å². The molecule has 0 saturated heterocycles. The van der Waals surface area contributed by atoms with Gasteiger partial charge in [0.1, 0.15) is 0 Å². The summed E-state index contributed by atoms with van der Waals surface area (Å²) in [5.41, 5.74) is 2.38. The van der Waals surface area contributed by atoms with E-state index in [2.05, 4.69) is 20.8 Å². The molecule has 17 heavy (non-hydrogen) atoms. The summed E-state index contributed by atoms with van der Waals surface area (Å²) in [6.45, 7) is 0.710. The van der Waals surface area contributed by atoms with Crippen LogP contribution in [0.4, 0.5) is 5.69 Å². The zero-order valence-corrected chi connectivity index (χ0v) is 9.53. The predicted octanol–water partition coefficient (Wildman–Crippen LogP) is 1.38. The number of benzene rings is 1. The van der Waals surface area contributed by atoms with Gasteiger partial charge >= 0.3 is 0 Å². The minimum atomic E-state index is -0.165. The fourth-order valence-electron chi connectivity index (χ4n) is 1.56. The first-order valence-electron chi connectivity index (χ1n) is 5.34. The van der Waals surface area contributed by atoms with E-state index >= 15 is 0 Å². The van der Waals surface area contributed by atoms with Crippen LogP contribution >= 0.6 is 0 Å². The molecule has 1 heterocycles. The molecule has 0 spiro atoms. The summed E-state index contributed by atoms with van der Waals surface area (Å²) in [5, 5.41) is 12.3. The summed E-state index contributed by atoms with van der Waals surface area (Å²) in [6, 6.07) is 7.69. The Balaban J connectivity index is 2.15. The van der Waals surface area contributed by atoms with E-state index < -0.39 is 0 Å². The summed E-state index contributed by atoms with van der Waals surface area (Å²) in [6.07, 6.45) is 3.06. The van der Waals surface area contributed by atoms with Crippen molar-refractivity contribution in [1.82, 2.24) is 15.5 Å². The fraction of sp³-hybridized carbons (Fsp3) is 0.167. The van der Waals surface area contributed by atoms with E-state index in [1.165, 1.54) is 6.20 Å². The number of H-pyrrole nitrogens is 1. The average molecular weight is 230 g/mol. The molecule has 1 aromatic heterocycles. The molecule has 0 radical (unpaired) electrons. The number of aromatic amines is 1. The van der Waals surface area contributed by atoms with Gasteiger partial charge < -0.3 is 10.6 Å². The summed E-state index contributed by atoms with van der Waals surface area (Å²) in [7, 11) is 1.87. The molecular formula is C12H14N4O. The number of amides is 1. The van der Waals surface area contributed by atoms with Crippen molar-refractivity contribution in [3.63, 3.8) is 0 Å². The Morgan fingerprint density at radius 2 is 2.24 bits per heavy atom. The molecular weight excluding hydrogens is 216 g/mol. The highest BCUT2D eigenvalue weighted by molar-refractivity contribution is 6.04. The molecule has 0 saturated carbocycles. The van der Waals surface area contributed by atoms with Gasteiger partial charge in [0.15, 0.2) is 0 Å². The number of hydrogen-bond acceptors (Lipinski definition) is 3. The maximum Gasteiger partial charge on any atom is 0.258 e. The monoisotopic (exact) mass is 230 g/mol. The summed E-state index contributed by atoms with van der Waals surface area (Å²) < 4.78 is 0. The molecule has 5 nitrogen and oxygen atoms in total. The first-order valence-corrected chi connectivity index (χ1v) is 5.34. The molecule has 0 unspecified atom stereocenters. The Morgan fingerprint density at radius 3 is 2.94 bits per heavy atom. The Hall–Kier alpha value is -2.14. The first-order chi connectivity index (χ1) is 8.31. The SMILES string of the molecule is CNCc1ccccc1NC(=O)c1cn[nH]c1. The van der Waals surface area contributed by atoms with Crippen LogP contribution in [-0.4, -0.2) is 23.2 Å². The Labute approximate surface area is 99.2 Å². The molecule has 1 aromatic carbocycles. The molecule has 0 aliphatic heterocycles. The molecule has 0 bridgehead atoms. The predicted molar refractivity (Wildman–Crippen MR) is 65.7 cm³/mol. The van der Waals surface area contributed by atoms with Gasteiger partial charge in [-0.05, 0) is 18.7 Å². The highest BCUT2D eigenvalue weighted by Crippen LogP contribution is 2.15. The van der Waals surface area contributed by atoms with Crippen molar-refractivity contribution >= 4 is 11.6 Å². The van der Waals surface area contributed by atoms with Crippen molar-refractivity contribution < 1.29 is 4.79 Å². The molecule has 0 atom stereocenters. The second-order valence-corrected chi connectivity index (χ2v) is 3.63. The van der Waals surface area contributed by atoms with Crippen LogP contribution in [0, 0.1) is 0 Å². The third-order valence-corrected chi connectivity index (χ3v) is 2.39. The van der Waals surface area contributed by atoms with Gasteiger partial charge in [-0.2, -0.15) is 5.10 Å². The van der Waals surface area contributed by atoms with Gasteiger partial charge in [-0.25, -0.2) is 0 Å². The Morgan fingerprint density at radius 1 is 1.41 bits per heavy atom. The Bertz CT molecular complexity index is 493. The van der Waals surface area contributed by atoms with Gasteiger partial charge in [-0.3, -0.25) is 9.89 Å². The standard InChI is InChI=1S/C12H14N4O/c1-13-6-9-4-2-3-5-11(9)16-12(17)10-7-14-15-8-10/h2-5,7-8,13H,6H2,1H3,(H,14,15)(H,16,17). The molecule has 0 fully saturated rings. The van der Waals surface area contributed by atoms with Crippen LogP contribution in [-0.2, 0) is 6.54 Å². The smallest absolute Gasteiger partial charge is 0.258 e. The topological polar surface area (TPSA) is 69.8 Å². The number of nitrogens with zero attached hydrogens (tertiary/aromatic N) is 1. The molecule has 2 aromatic rings. The minimum Gasteiger partial charge on any atom is -0.322 e. The fourth-order valence-corrected chi connectivity index (χ4v) is 1.56. The lowest BCUT2D eigenvalue weighted by Gasteiger charge is -2.09. The van der Waals surface area contributed by atoms with E-state index in [-0.39, 0.29) is 5.91 Å². The van der Waals surface area contributed by atoms with Crippen LogP contribution in [0.1, 0.15) is 15.9 Å². The van der Waals surface area contributed by atoms with Crippen LogP contribution in [0.15, 0.2) is 36.7 Å². The zero-order valence-electron chi connectivity index (χ0n) is 9.53. The second kappa shape index (κ2) is 5.27. The van der Waals surface area contributed by atoms with E-state index in [1.807, 2.05) is 31.3 Å². The van der Waals surface area contributed by atoms with E-state index in [9.17, 15) is 4.79 Å². The van der Waals surface area contributed by atoms with Gasteiger partial charge in [-0.15, -0.1) is 0 Å². The average Bonchev–Trinajstić information content (AvgIpc) is 2.85. The minimum absolute atomic E-state index is 0.165. The Kier molecular flexibility index (Phi) is 3.52. The molecule has 3 N–H and O–H groups in total. The third-order valence-electron chi connectivity index (χ3n) is 2.39. The number of anilines is 1. The van der Waals surface area contributed by atoms with E-state index in [0.717, 1.165) is 11.3 Å². The van der Waals surface area contributed by atoms with Crippen LogP contribution < -0.4 is 10.6 Å². The van der Waals surface area contributed by atoms with Crippen molar-refractivity contribution in [3.8, 4) is 0 Å². The number of aromatic nitrogens is 2. The lowest BCUT2D eigenvalue weighted by molar-refractivity contribution is 0.102. The molecule has 1 amide bonds. The number of nitrogens with one attached hydrogen (secondary N) is 3. The summed E-state index contributed by atoms with van der Waals surface area (Å²) in [5.74, 6) is -0.165. The molecule has 88 valence electrons. The van der Waals surface area contributed by atoms with Gasteiger partial charge in [0.05, 0.1) is 11.8 Å². The number of hydrogen-bond donors (Lipinski definition) is 3. The lowest BCUT2D eigenvalue weighted by atomic mass is 10.1. The third kappa shape index (κ3) is 2.70. The normalized spacial score (nSPS) is 10.2. The van der Waals surface area contributed by atoms with Crippen LogP contribution in [0.3, 0.4) is 0 Å². The summed E-state index contributed by atoms with van der Waals surface area (Å²) >= 11 is 0. The first kappa shape index (κ1) is 11.3. The van der Waals surface area contributed by atoms with Crippen molar-refractivity contribution in [2.24, 2.45) is 0 Å². The van der Waals surface area contributed by atoms with Crippen molar-refractivity contribution in [1.29, 1.82) is 0 Å². The highest BCUT2D eigenvalue weighted by Gasteiger charge is 2.08. The molecule has 2 rings (SSSR count). The number of para-hydroxylation sites is 1. The lowest BCUT2D eigenvalue weighted by Crippen LogP contribution is -2.14. The number of rotatable bonds is 4. The van der Waals surface area contributed by atoms with Gasteiger partial charge in [0.2, 0.25) is 0 Å². The van der Waals surface area contributed by atoms with Gasteiger partial charge in [0.25, 0.3) is 5.91 Å². The second-order valence-electron chi connectivity index (χ2n) is 3.63. The van der Waals surface area contributed by atoms with Gasteiger partial charge in [-0.1, -0.05) is 18.2 Å². The molecule has 5 heteroatoms. The van der Waals surface area contributed by atoms with Crippen LogP contribution in [0.25, 0.3) is 0 Å². The highest BCUT2D eigenvalue weighted by atomic mass is 16.1. The molecule has 0 aliphatic carbocycles. The van der Waals surface area contributed by atoms with E-state index in [0.29, 0.717) is 12.1 Å². The quantitative estimate of drug-likeness (QED) is 0.743. The summed E-state index contributed by atoms with van der Waals surface area (Å²) in [4.78, 5) is 11.8. The van der Waals surface area contributed by atoms with E-state index in [1.54, 1.807) is 6.20 Å². The maximum atomic E-state index is 11.8. The number of carbonyl (C=O) groups is 1. The zero-order chi connectivity index (χ0) is 12.1. The molecule has 0 aliphatic rings. The largest absolute Gasteiger partial charge is 0.322 e. The van der Waals surface area contributed by atoms with Crippen LogP contribution in [0.2, 0.25) is 0 Å². The van der Waals surface area contributed by atoms with E-state index in [4.69, 9.17) is 0 Å².